The first kappa shape index (κ1) is 84.2. The second-order valence-electron chi connectivity index (χ2n) is 40.7. The van der Waals surface area contributed by atoms with Crippen molar-refractivity contribution in [1.29, 1.82) is 0 Å². The van der Waals surface area contributed by atoms with E-state index in [9.17, 15) is 0 Å². The molecule has 22 aromatic carbocycles. The van der Waals surface area contributed by atoms with Crippen LogP contribution in [0.4, 0.5) is 0 Å². The van der Waals surface area contributed by atoms with Crippen molar-refractivity contribution < 1.29 is 9.15 Å². The van der Waals surface area contributed by atoms with Crippen LogP contribution in [0.2, 0.25) is 0 Å². The average molecular weight is 1930 g/mol. The van der Waals surface area contributed by atoms with E-state index in [1.165, 1.54) is 215 Å². The molecule has 11 heteroatoms. The fraction of sp³-hybridized carbons (Fsp3) is 0.0438. The van der Waals surface area contributed by atoms with Crippen LogP contribution in [0.1, 0.15) is 31.9 Å². The summed E-state index contributed by atoms with van der Waals surface area (Å²) in [5.74, 6) is 0.824. The predicted octanol–water partition coefficient (Wildman–Crippen LogP) is 38.1. The van der Waals surface area contributed by atoms with Gasteiger partial charge in [-0.2, -0.15) is 0 Å². The number of thiophene rings is 2. The highest BCUT2D eigenvalue weighted by atomic mass is 32.1. The zero-order chi connectivity index (χ0) is 97.7. The van der Waals surface area contributed by atoms with Gasteiger partial charge in [-0.25, -0.2) is 0 Å². The fourth-order valence-electron chi connectivity index (χ4n) is 24.9. The van der Waals surface area contributed by atoms with Gasteiger partial charge in [0, 0.05) is 179 Å². The van der Waals surface area contributed by atoms with Crippen LogP contribution < -0.4 is 4.74 Å². The van der Waals surface area contributed by atoms with E-state index in [0.717, 1.165) is 94.9 Å². The Kier molecular flexibility index (Phi) is 18.2. The second kappa shape index (κ2) is 32.1. The summed E-state index contributed by atoms with van der Waals surface area (Å²) in [6, 6.07) is 162. The lowest BCUT2D eigenvalue weighted by Gasteiger charge is -2.19. The van der Waals surface area contributed by atoms with Crippen LogP contribution in [0.25, 0.3) is 293 Å². The van der Waals surface area contributed by atoms with Gasteiger partial charge in [0.25, 0.3) is 0 Å². The number of fused-ring (bicyclic) bond motifs is 38. The molecule has 0 atom stereocenters. The summed E-state index contributed by atoms with van der Waals surface area (Å²) in [6.07, 6.45) is 3.75. The Morgan fingerprint density at radius 1 is 0.250 bits per heavy atom. The maximum Gasteiger partial charge on any atom is 0.143 e. The van der Waals surface area contributed by atoms with Crippen molar-refractivity contribution in [3.8, 4) is 73.3 Å². The van der Waals surface area contributed by atoms with E-state index in [1.54, 1.807) is 7.11 Å². The van der Waals surface area contributed by atoms with Gasteiger partial charge in [-0.3, -0.25) is 4.98 Å². The molecule has 0 saturated heterocycles. The molecule has 696 valence electrons. The summed E-state index contributed by atoms with van der Waals surface area (Å²) in [4.78, 5) is 4.39. The standard InChI is InChI=1S/C70H42N4O2S.C67H47N3S/c1-75-48-25-22-45(23-26-48)73-60-33-31-55-54-30-32-59-65(68(54)74(47-24-29-53-52-15-5-7-19-63(52)77-64(53)40-47)69(55)66(60)58-28-20-42-10-2-3-13-49(42)67(58)73)57-27-21-43(41-34-36-71-37-35-41)39-61(57)72(59)46-12-8-11-44(38-46)50-16-9-17-56-51-14-4-6-18-62(51)76-70(50)56;1-40-21-23-41(24-22-40)42-25-30-46(31-26-42)70-56-20-12-10-18-53(56)62-64(70)52-17-8-7-16-51(52)60-54-36-38-58-63(65(54)71-66(60)62)61-48-14-6-5-13-43(48)27-37-57(61)69(58)47-34-35-50-49-15-9-11-19-55(49)68(59(50)39-47)45-32-28-44(29-33-45)67(2,3)4/h2-40H,1H3;5-39H,1-4H3. The molecule has 0 spiro atoms. The second-order valence-corrected chi connectivity index (χ2v) is 42.8. The molecule has 0 aliphatic heterocycles. The quantitative estimate of drug-likeness (QED) is 0.137. The summed E-state index contributed by atoms with van der Waals surface area (Å²) in [5.41, 5.74) is 32.2. The van der Waals surface area contributed by atoms with Crippen LogP contribution in [0, 0.1) is 6.92 Å². The normalized spacial score (nSPS) is 12.4. The van der Waals surface area contributed by atoms with Crippen molar-refractivity contribution in [2.75, 3.05) is 7.11 Å². The van der Waals surface area contributed by atoms with Gasteiger partial charge in [0.15, 0.2) is 0 Å². The molecule has 0 saturated carbocycles. The molecule has 0 aliphatic carbocycles. The third-order valence-corrected chi connectivity index (χ3v) is 34.0. The summed E-state index contributed by atoms with van der Waals surface area (Å²) < 4.78 is 32.6. The molecule has 0 unspecified atom stereocenters. The number of rotatable bonds is 10. The third-order valence-electron chi connectivity index (χ3n) is 31.7. The van der Waals surface area contributed by atoms with E-state index < -0.39 is 0 Å². The van der Waals surface area contributed by atoms with Gasteiger partial charge < -0.3 is 36.6 Å². The van der Waals surface area contributed by atoms with Crippen molar-refractivity contribution in [3.05, 3.63) is 460 Å². The first-order valence-electron chi connectivity index (χ1n) is 50.8. The molecule has 0 aliphatic rings. The van der Waals surface area contributed by atoms with E-state index >= 15 is 0 Å². The Balaban J connectivity index is 0.000000134. The number of para-hydroxylation sites is 4. The fourth-order valence-corrected chi connectivity index (χ4v) is 27.5. The minimum absolute atomic E-state index is 0.0698. The van der Waals surface area contributed by atoms with Crippen molar-refractivity contribution in [1.82, 2.24) is 32.4 Å². The lowest BCUT2D eigenvalue weighted by Crippen LogP contribution is -2.10. The minimum atomic E-state index is 0.0698. The third kappa shape index (κ3) is 12.4. The van der Waals surface area contributed by atoms with Crippen molar-refractivity contribution >= 4 is 248 Å². The number of benzene rings is 22. The first-order valence-corrected chi connectivity index (χ1v) is 52.4. The van der Waals surface area contributed by atoms with Gasteiger partial charge in [-0.15, -0.1) is 22.7 Å². The maximum atomic E-state index is 6.64. The highest BCUT2D eigenvalue weighted by Crippen LogP contribution is 2.55. The Bertz CT molecular complexity index is 11300. The molecule has 0 radical (unpaired) electrons. The van der Waals surface area contributed by atoms with Crippen LogP contribution in [-0.2, 0) is 5.41 Å². The van der Waals surface area contributed by atoms with E-state index in [1.807, 2.05) is 41.1 Å². The zero-order valence-corrected chi connectivity index (χ0v) is 83.1. The number of hydrogen-bond donors (Lipinski definition) is 0. The summed E-state index contributed by atoms with van der Waals surface area (Å²) in [5, 5.41) is 29.7. The highest BCUT2D eigenvalue weighted by Gasteiger charge is 2.31. The van der Waals surface area contributed by atoms with Crippen molar-refractivity contribution in [2.45, 2.75) is 33.1 Å². The van der Waals surface area contributed by atoms with E-state index in [4.69, 9.17) is 9.15 Å². The Morgan fingerprint density at radius 2 is 0.723 bits per heavy atom. The zero-order valence-electron chi connectivity index (χ0n) is 81.5. The van der Waals surface area contributed by atoms with Gasteiger partial charge >= 0.3 is 0 Å². The van der Waals surface area contributed by atoms with Crippen LogP contribution in [-0.4, -0.2) is 39.5 Å². The van der Waals surface area contributed by atoms with Crippen LogP contribution in [0.15, 0.2) is 454 Å². The average Bonchev–Trinajstić information content (AvgIpc) is 1.52. The molecule has 0 amide bonds. The van der Waals surface area contributed by atoms with E-state index in [-0.39, 0.29) is 5.41 Å². The number of aromatic nitrogens is 7. The monoisotopic (exact) mass is 1930 g/mol. The molecule has 0 N–H and O–H groups in total. The van der Waals surface area contributed by atoms with Crippen LogP contribution in [0.5, 0.6) is 5.75 Å². The number of hydrogen-bond acceptors (Lipinski definition) is 5. The van der Waals surface area contributed by atoms with Gasteiger partial charge in [0.2, 0.25) is 0 Å². The SMILES string of the molecule is COc1ccc(-n2c3ccc4c5ccc6c(c7ccc(-c8ccncc8)cc7n6-c6cccc(-c7cccc8c7oc7ccccc78)c6)c5n(-c5ccc6c(c5)sc5ccccc56)c4c3c3ccc4ccccc4c32)cc1.Cc1ccc(-c2ccc(-n3c4ccccc4c4c5sc6c(ccc7c6c6c8ccccc8ccc6n7-c6ccc7c8ccccc8n(-c8ccc(C(C)(C)C)cc8)c7c6)c5c5ccccc5c43)cc2)cc1. The van der Waals surface area contributed by atoms with E-state index in [2.05, 4.69) is 491 Å². The molecular weight excluding hydrogens is 1840 g/mol. The number of aryl methyl sites for hydroxylation is 1. The minimum Gasteiger partial charge on any atom is -0.497 e. The Hall–Kier alpha value is -18.4. The highest BCUT2D eigenvalue weighted by molar-refractivity contribution is 7.28. The van der Waals surface area contributed by atoms with Gasteiger partial charge in [-0.05, 0) is 219 Å². The van der Waals surface area contributed by atoms with Crippen LogP contribution >= 0.6 is 22.7 Å². The first-order chi connectivity index (χ1) is 72.9. The maximum absolute atomic E-state index is 6.64. The summed E-state index contributed by atoms with van der Waals surface area (Å²) >= 11 is 3.83. The van der Waals surface area contributed by atoms with Gasteiger partial charge in [0.1, 0.15) is 16.9 Å². The Labute approximate surface area is 856 Å². The van der Waals surface area contributed by atoms with E-state index in [0.29, 0.717) is 0 Å². The molecule has 9 nitrogen and oxygen atoms in total. The largest absolute Gasteiger partial charge is 0.497 e. The number of pyridine rings is 1. The van der Waals surface area contributed by atoms with Crippen molar-refractivity contribution in [2.24, 2.45) is 0 Å². The number of ether oxygens (including phenoxy) is 1. The summed E-state index contributed by atoms with van der Waals surface area (Å²) in [6.45, 7) is 8.99. The molecule has 148 heavy (non-hydrogen) atoms. The lowest BCUT2D eigenvalue weighted by atomic mass is 9.87. The smallest absolute Gasteiger partial charge is 0.143 e. The molecule has 32 rings (SSSR count). The molecule has 0 bridgehead atoms. The predicted molar refractivity (Wildman–Crippen MR) is 629 cm³/mol. The lowest BCUT2D eigenvalue weighted by molar-refractivity contribution is 0.415. The summed E-state index contributed by atoms with van der Waals surface area (Å²) in [7, 11) is 1.73. The molecular formula is C137H89N7O2S2. The number of nitrogens with zero attached hydrogens (tertiary/aromatic N) is 7. The molecule has 32 aromatic rings. The Morgan fingerprint density at radius 3 is 1.48 bits per heavy atom. The van der Waals surface area contributed by atoms with Crippen LogP contribution in [0.3, 0.4) is 0 Å². The molecule has 10 aromatic heterocycles. The van der Waals surface area contributed by atoms with Crippen molar-refractivity contribution in [3.63, 3.8) is 0 Å². The van der Waals surface area contributed by atoms with Gasteiger partial charge in [0.05, 0.1) is 73.3 Å². The number of methoxy groups -OCH3 is 1. The topological polar surface area (TPSA) is 64.8 Å². The van der Waals surface area contributed by atoms with Gasteiger partial charge in [-0.1, -0.05) is 311 Å². The molecule has 10 heterocycles. The number of furan rings is 1. The molecule has 0 fully saturated rings.